The molecule has 20 heavy (non-hydrogen) atoms. The van der Waals surface area contributed by atoms with Crippen molar-refractivity contribution in [3.63, 3.8) is 0 Å². The molecule has 0 atom stereocenters. The molecule has 112 valence electrons. The highest BCUT2D eigenvalue weighted by Crippen LogP contribution is 2.12. The summed E-state index contributed by atoms with van der Waals surface area (Å²) in [5.41, 5.74) is 0.110. The highest BCUT2D eigenvalue weighted by Gasteiger charge is 2.20. The van der Waals surface area contributed by atoms with Crippen molar-refractivity contribution in [2.24, 2.45) is 0 Å². The monoisotopic (exact) mass is 301 g/mol. The number of nitrogens with one attached hydrogen (secondary N) is 1. The molecule has 0 saturated carbocycles. The maximum absolute atomic E-state index is 12.2. The lowest BCUT2D eigenvalue weighted by molar-refractivity contribution is 0.0690. The number of carboxylic acids is 1. The number of hydrogen-bond acceptors (Lipinski definition) is 4. The summed E-state index contributed by atoms with van der Waals surface area (Å²) in [6, 6.07) is 2.63. The fourth-order valence-corrected chi connectivity index (χ4v) is 3.04. The van der Waals surface area contributed by atoms with Crippen LogP contribution in [0.4, 0.5) is 5.69 Å². The molecule has 7 nitrogen and oxygen atoms in total. The van der Waals surface area contributed by atoms with Gasteiger partial charge in [0.25, 0.3) is 0 Å². The summed E-state index contributed by atoms with van der Waals surface area (Å²) >= 11 is 0. The summed E-state index contributed by atoms with van der Waals surface area (Å²) in [6.07, 6.45) is 2.63. The topological polar surface area (TPSA) is 99.6 Å². The van der Waals surface area contributed by atoms with Gasteiger partial charge in [-0.05, 0) is 25.0 Å². The number of carboxylic acid groups (broad SMARTS) is 1. The van der Waals surface area contributed by atoms with E-state index < -0.39 is 16.2 Å². The molecule has 1 rings (SSSR count). The third-order valence-corrected chi connectivity index (χ3v) is 4.05. The van der Waals surface area contributed by atoms with Gasteiger partial charge < -0.3 is 5.11 Å². The molecule has 0 aliphatic rings. The Balaban J connectivity index is 2.86. The van der Waals surface area contributed by atoms with Crippen molar-refractivity contribution >= 4 is 21.9 Å². The zero-order valence-electron chi connectivity index (χ0n) is 11.5. The summed E-state index contributed by atoms with van der Waals surface area (Å²) in [6.45, 7) is 4.68. The zero-order valence-corrected chi connectivity index (χ0v) is 12.4. The minimum atomic E-state index is -3.64. The summed E-state index contributed by atoms with van der Waals surface area (Å²) < 4.78 is 28.1. The minimum Gasteiger partial charge on any atom is -0.477 e. The molecule has 1 aromatic heterocycles. The lowest BCUT2D eigenvalue weighted by atomic mass is 10.3. The van der Waals surface area contributed by atoms with Crippen LogP contribution in [0.15, 0.2) is 18.3 Å². The first kappa shape index (κ1) is 16.4. The van der Waals surface area contributed by atoms with Crippen molar-refractivity contribution in [2.75, 3.05) is 17.8 Å². The van der Waals surface area contributed by atoms with Crippen LogP contribution in [-0.4, -0.2) is 41.9 Å². The van der Waals surface area contributed by atoms with Gasteiger partial charge in [-0.25, -0.2) is 9.78 Å². The second-order valence-electron chi connectivity index (χ2n) is 4.24. The van der Waals surface area contributed by atoms with E-state index in [1.165, 1.54) is 22.6 Å². The smallest absolute Gasteiger partial charge is 0.354 e. The Morgan fingerprint density at radius 3 is 2.30 bits per heavy atom. The Hall–Kier alpha value is -1.67. The summed E-state index contributed by atoms with van der Waals surface area (Å²) in [7, 11) is -3.64. The number of nitrogens with zero attached hydrogens (tertiary/aromatic N) is 2. The highest BCUT2D eigenvalue weighted by molar-refractivity contribution is 7.90. The standard InChI is InChI=1S/C12H19N3O4S/c1-3-7-15(8-4-2)20(18,19)14-10-5-6-11(12(16)17)13-9-10/h5-6,9,14H,3-4,7-8H2,1-2H3,(H,16,17). The van der Waals surface area contributed by atoms with Crippen molar-refractivity contribution in [2.45, 2.75) is 26.7 Å². The summed E-state index contributed by atoms with van der Waals surface area (Å²) in [5.74, 6) is -1.15. The van der Waals surface area contributed by atoms with Crippen molar-refractivity contribution in [3.05, 3.63) is 24.0 Å². The van der Waals surface area contributed by atoms with Gasteiger partial charge in [-0.15, -0.1) is 0 Å². The Morgan fingerprint density at radius 2 is 1.90 bits per heavy atom. The summed E-state index contributed by atoms with van der Waals surface area (Å²) in [5, 5.41) is 8.73. The zero-order chi connectivity index (χ0) is 15.2. The molecule has 0 radical (unpaired) electrons. The van der Waals surface area contributed by atoms with Gasteiger partial charge in [-0.1, -0.05) is 13.8 Å². The van der Waals surface area contributed by atoms with Gasteiger partial charge in [0.15, 0.2) is 0 Å². The van der Waals surface area contributed by atoms with E-state index in [1.54, 1.807) is 0 Å². The van der Waals surface area contributed by atoms with Crippen molar-refractivity contribution in [1.29, 1.82) is 0 Å². The number of anilines is 1. The second kappa shape index (κ2) is 7.20. The number of aromatic carboxylic acids is 1. The molecule has 0 amide bonds. The van der Waals surface area contributed by atoms with Crippen LogP contribution >= 0.6 is 0 Å². The van der Waals surface area contributed by atoms with Gasteiger partial charge in [0.1, 0.15) is 5.69 Å². The van der Waals surface area contributed by atoms with Crippen LogP contribution in [0.2, 0.25) is 0 Å². The fraction of sp³-hybridized carbons (Fsp3) is 0.500. The van der Waals surface area contributed by atoms with Crippen LogP contribution in [-0.2, 0) is 10.2 Å². The second-order valence-corrected chi connectivity index (χ2v) is 5.91. The minimum absolute atomic E-state index is 0.132. The lowest BCUT2D eigenvalue weighted by Gasteiger charge is -2.21. The molecule has 0 aliphatic carbocycles. The van der Waals surface area contributed by atoms with Crippen LogP contribution in [0.25, 0.3) is 0 Å². The van der Waals surface area contributed by atoms with Crippen molar-refractivity contribution in [3.8, 4) is 0 Å². The summed E-state index contributed by atoms with van der Waals surface area (Å²) in [4.78, 5) is 14.3. The molecule has 0 aromatic carbocycles. The van der Waals surface area contributed by atoms with E-state index in [9.17, 15) is 13.2 Å². The van der Waals surface area contributed by atoms with Crippen LogP contribution < -0.4 is 4.72 Å². The Kier molecular flexibility index (Phi) is 5.90. The van der Waals surface area contributed by atoms with E-state index in [2.05, 4.69) is 9.71 Å². The number of carbonyl (C=O) groups is 1. The van der Waals surface area contributed by atoms with E-state index >= 15 is 0 Å². The third-order valence-electron chi connectivity index (χ3n) is 2.52. The average Bonchev–Trinajstić information content (AvgIpc) is 2.38. The lowest BCUT2D eigenvalue weighted by Crippen LogP contribution is -2.37. The molecule has 0 saturated heterocycles. The number of rotatable bonds is 8. The number of aromatic nitrogens is 1. The van der Waals surface area contributed by atoms with Crippen LogP contribution in [0, 0.1) is 0 Å². The molecule has 0 unspecified atom stereocenters. The molecule has 0 aliphatic heterocycles. The van der Waals surface area contributed by atoms with Crippen LogP contribution in [0.3, 0.4) is 0 Å². The van der Waals surface area contributed by atoms with Gasteiger partial charge in [0.2, 0.25) is 0 Å². The van der Waals surface area contributed by atoms with Crippen LogP contribution in [0.1, 0.15) is 37.2 Å². The van der Waals surface area contributed by atoms with Crippen molar-refractivity contribution < 1.29 is 18.3 Å². The van der Waals surface area contributed by atoms with Gasteiger partial charge >= 0.3 is 16.2 Å². The van der Waals surface area contributed by atoms with E-state index in [0.29, 0.717) is 13.1 Å². The first-order chi connectivity index (χ1) is 9.40. The maximum Gasteiger partial charge on any atom is 0.354 e. The van der Waals surface area contributed by atoms with Gasteiger partial charge in [0.05, 0.1) is 11.9 Å². The van der Waals surface area contributed by atoms with Gasteiger partial charge in [0, 0.05) is 13.1 Å². The molecule has 0 bridgehead atoms. The van der Waals surface area contributed by atoms with E-state index in [1.807, 2.05) is 13.8 Å². The normalized spacial score (nSPS) is 11.6. The Morgan fingerprint density at radius 1 is 1.30 bits per heavy atom. The molecule has 8 heteroatoms. The number of hydrogen-bond donors (Lipinski definition) is 2. The van der Waals surface area contributed by atoms with E-state index in [-0.39, 0.29) is 11.4 Å². The van der Waals surface area contributed by atoms with Crippen LogP contribution in [0.5, 0.6) is 0 Å². The highest BCUT2D eigenvalue weighted by atomic mass is 32.2. The fourth-order valence-electron chi connectivity index (χ4n) is 1.65. The van der Waals surface area contributed by atoms with Gasteiger partial charge in [-0.3, -0.25) is 4.72 Å². The predicted octanol–water partition coefficient (Wildman–Crippen LogP) is 1.56. The first-order valence-electron chi connectivity index (χ1n) is 6.38. The molecule has 1 heterocycles. The predicted molar refractivity (Wildman–Crippen MR) is 75.9 cm³/mol. The Labute approximate surface area is 118 Å². The molecule has 2 N–H and O–H groups in total. The van der Waals surface area contributed by atoms with E-state index in [4.69, 9.17) is 5.11 Å². The average molecular weight is 301 g/mol. The SMILES string of the molecule is CCCN(CCC)S(=O)(=O)Nc1ccc(C(=O)O)nc1. The largest absolute Gasteiger partial charge is 0.477 e. The third kappa shape index (κ3) is 4.46. The van der Waals surface area contributed by atoms with Crippen molar-refractivity contribution in [1.82, 2.24) is 9.29 Å². The first-order valence-corrected chi connectivity index (χ1v) is 7.82. The van der Waals surface area contributed by atoms with Gasteiger partial charge in [-0.2, -0.15) is 12.7 Å². The quantitative estimate of drug-likeness (QED) is 0.759. The molecular weight excluding hydrogens is 282 g/mol. The number of pyridine rings is 1. The van der Waals surface area contributed by atoms with E-state index in [0.717, 1.165) is 12.8 Å². The maximum atomic E-state index is 12.2. The molecular formula is C12H19N3O4S. The molecule has 0 fully saturated rings. The molecule has 1 aromatic rings. The molecule has 0 spiro atoms. The Bertz CT molecular complexity index is 536.